The largest absolute Gasteiger partial charge is 0.492 e. The maximum absolute atomic E-state index is 12.8. The van der Waals surface area contributed by atoms with Crippen molar-refractivity contribution in [3.63, 3.8) is 0 Å². The second kappa shape index (κ2) is 6.41. The molecule has 1 aromatic heterocycles. The van der Waals surface area contributed by atoms with Crippen molar-refractivity contribution in [1.29, 1.82) is 0 Å². The topological polar surface area (TPSA) is 71.6 Å². The Morgan fingerprint density at radius 1 is 1.41 bits per heavy atom. The zero-order valence-electron chi connectivity index (χ0n) is 12.3. The molecule has 6 nitrogen and oxygen atoms in total. The van der Waals surface area contributed by atoms with Crippen molar-refractivity contribution in [1.82, 2.24) is 15.0 Å². The van der Waals surface area contributed by atoms with Crippen LogP contribution < -0.4 is 4.74 Å². The summed E-state index contributed by atoms with van der Waals surface area (Å²) in [6, 6.07) is 5.81. The van der Waals surface area contributed by atoms with Crippen LogP contribution in [0.4, 0.5) is 4.39 Å². The number of β-amino-alcohol motifs (C(OH)–C–C–N with tert-alkyl or cyclic N) is 1. The molecule has 0 saturated carbocycles. The summed E-state index contributed by atoms with van der Waals surface area (Å²) in [4.78, 5) is 6.30. The van der Waals surface area contributed by atoms with Gasteiger partial charge in [-0.3, -0.25) is 4.90 Å². The molecule has 3 rings (SSSR count). The van der Waals surface area contributed by atoms with Crippen LogP contribution >= 0.6 is 0 Å². The molecule has 2 heterocycles. The van der Waals surface area contributed by atoms with Gasteiger partial charge in [-0.25, -0.2) is 4.39 Å². The molecule has 22 heavy (non-hydrogen) atoms. The van der Waals surface area contributed by atoms with Gasteiger partial charge in [0.25, 0.3) is 0 Å². The summed E-state index contributed by atoms with van der Waals surface area (Å²) in [7, 11) is 0. The average molecular weight is 307 g/mol. The number of hydrogen-bond donors (Lipinski definition) is 1. The second-order valence-electron chi connectivity index (χ2n) is 5.38. The average Bonchev–Trinajstić information content (AvgIpc) is 3.07. The van der Waals surface area contributed by atoms with Crippen molar-refractivity contribution in [2.24, 2.45) is 0 Å². The van der Waals surface area contributed by atoms with E-state index < -0.39 is 6.10 Å². The van der Waals surface area contributed by atoms with Gasteiger partial charge in [-0.15, -0.1) is 0 Å². The molecular formula is C15H18FN3O3. The lowest BCUT2D eigenvalue weighted by molar-refractivity contribution is 0.155. The van der Waals surface area contributed by atoms with Crippen LogP contribution in [0.5, 0.6) is 5.75 Å². The van der Waals surface area contributed by atoms with E-state index in [2.05, 4.69) is 15.0 Å². The Balaban J connectivity index is 1.57. The van der Waals surface area contributed by atoms with Crippen LogP contribution in [-0.2, 0) is 0 Å². The number of aryl methyl sites for hydroxylation is 1. The highest BCUT2D eigenvalue weighted by Gasteiger charge is 2.35. The molecule has 2 aromatic rings. The number of halogens is 1. The summed E-state index contributed by atoms with van der Waals surface area (Å²) in [5.74, 6) is 1.43. The van der Waals surface area contributed by atoms with Gasteiger partial charge in [0.15, 0.2) is 5.82 Å². The highest BCUT2D eigenvalue weighted by molar-refractivity contribution is 5.22. The third-order valence-electron chi connectivity index (χ3n) is 3.67. The number of ether oxygens (including phenoxy) is 1. The minimum absolute atomic E-state index is 0.0898. The van der Waals surface area contributed by atoms with Gasteiger partial charge in [-0.05, 0) is 37.6 Å². The van der Waals surface area contributed by atoms with E-state index >= 15 is 0 Å². The number of rotatable bonds is 5. The molecule has 1 fully saturated rings. The summed E-state index contributed by atoms with van der Waals surface area (Å²) in [6.45, 7) is 3.35. The number of aromatic nitrogens is 2. The Morgan fingerprint density at radius 3 is 2.86 bits per heavy atom. The Morgan fingerprint density at radius 2 is 2.18 bits per heavy atom. The molecule has 118 valence electrons. The SMILES string of the molecule is Cc1noc([C@H]2C[C@@H](O)CN2CCOc2ccc(F)cc2)n1. The van der Waals surface area contributed by atoms with E-state index in [4.69, 9.17) is 9.26 Å². The van der Waals surface area contributed by atoms with Crippen molar-refractivity contribution < 1.29 is 18.8 Å². The maximum Gasteiger partial charge on any atom is 0.244 e. The Bertz CT molecular complexity index is 617. The molecule has 1 aromatic carbocycles. The van der Waals surface area contributed by atoms with Crippen LogP contribution in [0.3, 0.4) is 0 Å². The van der Waals surface area contributed by atoms with Gasteiger partial charge in [-0.2, -0.15) is 4.98 Å². The maximum atomic E-state index is 12.8. The lowest BCUT2D eigenvalue weighted by Crippen LogP contribution is -2.29. The number of likely N-dealkylation sites (tertiary alicyclic amines) is 1. The highest BCUT2D eigenvalue weighted by atomic mass is 19.1. The molecular weight excluding hydrogens is 289 g/mol. The van der Waals surface area contributed by atoms with Crippen LogP contribution in [-0.4, -0.2) is 45.9 Å². The predicted octanol–water partition coefficient (Wildman–Crippen LogP) is 1.70. The number of aliphatic hydroxyl groups is 1. The molecule has 2 atom stereocenters. The van der Waals surface area contributed by atoms with Crippen molar-refractivity contribution in [3.8, 4) is 5.75 Å². The third-order valence-corrected chi connectivity index (χ3v) is 3.67. The van der Waals surface area contributed by atoms with Crippen molar-refractivity contribution >= 4 is 0 Å². The summed E-state index contributed by atoms with van der Waals surface area (Å²) in [5.41, 5.74) is 0. The molecule has 0 amide bonds. The van der Waals surface area contributed by atoms with Crippen LogP contribution in [0, 0.1) is 12.7 Å². The van der Waals surface area contributed by atoms with Crippen molar-refractivity contribution in [2.45, 2.75) is 25.5 Å². The van der Waals surface area contributed by atoms with Gasteiger partial charge in [0, 0.05) is 13.1 Å². The van der Waals surface area contributed by atoms with E-state index in [1.54, 1.807) is 19.1 Å². The summed E-state index contributed by atoms with van der Waals surface area (Å²) in [5, 5.41) is 13.7. The fourth-order valence-electron chi connectivity index (χ4n) is 2.64. The molecule has 7 heteroatoms. The number of aliphatic hydroxyl groups excluding tert-OH is 1. The lowest BCUT2D eigenvalue weighted by Gasteiger charge is -2.21. The smallest absolute Gasteiger partial charge is 0.244 e. The molecule has 1 aliphatic rings. The van der Waals surface area contributed by atoms with E-state index in [1.165, 1.54) is 12.1 Å². The van der Waals surface area contributed by atoms with Crippen molar-refractivity contribution in [3.05, 3.63) is 41.8 Å². The zero-order chi connectivity index (χ0) is 15.5. The first-order valence-electron chi connectivity index (χ1n) is 7.22. The number of hydrogen-bond acceptors (Lipinski definition) is 6. The fraction of sp³-hybridized carbons (Fsp3) is 0.467. The number of nitrogens with zero attached hydrogens (tertiary/aromatic N) is 3. The van der Waals surface area contributed by atoms with Gasteiger partial charge in [0.05, 0.1) is 12.1 Å². The van der Waals surface area contributed by atoms with Gasteiger partial charge in [0.2, 0.25) is 5.89 Å². The van der Waals surface area contributed by atoms with E-state index in [-0.39, 0.29) is 11.9 Å². The first kappa shape index (κ1) is 14.9. The van der Waals surface area contributed by atoms with Gasteiger partial charge >= 0.3 is 0 Å². The van der Waals surface area contributed by atoms with Crippen LogP contribution in [0.2, 0.25) is 0 Å². The molecule has 0 spiro atoms. The fourth-order valence-corrected chi connectivity index (χ4v) is 2.64. The molecule has 0 aliphatic carbocycles. The van der Waals surface area contributed by atoms with Gasteiger partial charge in [0.1, 0.15) is 18.2 Å². The minimum Gasteiger partial charge on any atom is -0.492 e. The number of benzene rings is 1. The third kappa shape index (κ3) is 3.42. The Labute approximate surface area is 127 Å². The monoisotopic (exact) mass is 307 g/mol. The summed E-state index contributed by atoms with van der Waals surface area (Å²) >= 11 is 0. The Hall–Kier alpha value is -1.99. The first-order chi connectivity index (χ1) is 10.6. The first-order valence-corrected chi connectivity index (χ1v) is 7.22. The predicted molar refractivity (Wildman–Crippen MR) is 75.9 cm³/mol. The minimum atomic E-state index is -0.414. The van der Waals surface area contributed by atoms with Gasteiger partial charge < -0.3 is 14.4 Å². The lowest BCUT2D eigenvalue weighted by atomic mass is 10.2. The molecule has 0 unspecified atom stereocenters. The normalized spacial score (nSPS) is 22.1. The van der Waals surface area contributed by atoms with Crippen LogP contribution in [0.15, 0.2) is 28.8 Å². The van der Waals surface area contributed by atoms with E-state index in [0.29, 0.717) is 43.6 Å². The zero-order valence-corrected chi connectivity index (χ0v) is 12.3. The van der Waals surface area contributed by atoms with E-state index in [1.807, 2.05) is 0 Å². The second-order valence-corrected chi connectivity index (χ2v) is 5.38. The summed E-state index contributed by atoms with van der Waals surface area (Å²) in [6.07, 6.45) is 0.154. The molecule has 0 radical (unpaired) electrons. The van der Waals surface area contributed by atoms with Crippen LogP contribution in [0.1, 0.15) is 24.2 Å². The molecule has 1 saturated heterocycles. The Kier molecular flexibility index (Phi) is 4.35. The molecule has 1 N–H and O–H groups in total. The standard InChI is InChI=1S/C15H18FN3O3/c1-10-17-15(22-18-10)14-8-12(20)9-19(14)6-7-21-13-4-2-11(16)3-5-13/h2-5,12,14,20H,6-9H2,1H3/t12-,14-/m1/s1. The van der Waals surface area contributed by atoms with Crippen LogP contribution in [0.25, 0.3) is 0 Å². The van der Waals surface area contributed by atoms with Gasteiger partial charge in [-0.1, -0.05) is 5.16 Å². The van der Waals surface area contributed by atoms with E-state index in [0.717, 1.165) is 0 Å². The molecule has 0 bridgehead atoms. The summed E-state index contributed by atoms with van der Waals surface area (Å²) < 4.78 is 23.6. The van der Waals surface area contributed by atoms with E-state index in [9.17, 15) is 9.50 Å². The quantitative estimate of drug-likeness (QED) is 0.906. The highest BCUT2D eigenvalue weighted by Crippen LogP contribution is 2.30. The van der Waals surface area contributed by atoms with Crippen molar-refractivity contribution in [2.75, 3.05) is 19.7 Å². The molecule has 1 aliphatic heterocycles.